The van der Waals surface area contributed by atoms with Gasteiger partial charge in [0.2, 0.25) is 7.37 Å². The van der Waals surface area contributed by atoms with Crippen LogP contribution in [0.5, 0.6) is 0 Å². The van der Waals surface area contributed by atoms with E-state index in [0.29, 0.717) is 0 Å². The molecule has 0 saturated carbocycles. The van der Waals surface area contributed by atoms with Gasteiger partial charge in [0, 0.05) is 12.3 Å². The molecule has 0 rings (SSSR count). The molecule has 0 amide bonds. The summed E-state index contributed by atoms with van der Waals surface area (Å²) in [6, 6.07) is 0. The van der Waals surface area contributed by atoms with Gasteiger partial charge in [-0.1, -0.05) is 19.6 Å². The van der Waals surface area contributed by atoms with Gasteiger partial charge >= 0.3 is 5.97 Å². The van der Waals surface area contributed by atoms with E-state index in [1.54, 1.807) is 6.92 Å². The van der Waals surface area contributed by atoms with E-state index in [2.05, 4.69) is 11.3 Å². The van der Waals surface area contributed by atoms with Crippen molar-refractivity contribution in [3.63, 3.8) is 0 Å². The summed E-state index contributed by atoms with van der Waals surface area (Å²) in [5.74, 6) is -0.456. The van der Waals surface area contributed by atoms with Crippen LogP contribution in [0.1, 0.15) is 13.3 Å². The summed E-state index contributed by atoms with van der Waals surface area (Å²) < 4.78 is 15.7. The van der Waals surface area contributed by atoms with Gasteiger partial charge in [0.1, 0.15) is 6.61 Å². The lowest BCUT2D eigenvalue weighted by molar-refractivity contribution is -0.141. The van der Waals surface area contributed by atoms with E-state index >= 15 is 0 Å². The Labute approximate surface area is 78.0 Å². The van der Waals surface area contributed by atoms with Gasteiger partial charge < -0.3 is 9.63 Å². The number of esters is 1. The zero-order valence-corrected chi connectivity index (χ0v) is 8.63. The monoisotopic (exact) mass is 206 g/mol. The number of rotatable bonds is 6. The van der Waals surface area contributed by atoms with Crippen molar-refractivity contribution in [1.82, 2.24) is 0 Å². The van der Waals surface area contributed by atoms with Crippen LogP contribution in [0.15, 0.2) is 12.7 Å². The Balaban J connectivity index is 3.70. The average molecular weight is 206 g/mol. The Morgan fingerprint density at radius 1 is 1.69 bits per heavy atom. The average Bonchev–Trinajstić information content (AvgIpc) is 2.11. The molecule has 0 aliphatic heterocycles. The van der Waals surface area contributed by atoms with Gasteiger partial charge in [0.05, 0.1) is 6.42 Å². The molecule has 13 heavy (non-hydrogen) atoms. The van der Waals surface area contributed by atoms with Crippen molar-refractivity contribution in [3.05, 3.63) is 12.7 Å². The van der Waals surface area contributed by atoms with Crippen molar-refractivity contribution in [3.8, 4) is 0 Å². The van der Waals surface area contributed by atoms with Crippen LogP contribution in [0, 0.1) is 0 Å². The predicted octanol–water partition coefficient (Wildman–Crippen LogP) is 1.40. The molecule has 1 N–H and O–H groups in total. The first kappa shape index (κ1) is 12.4. The molecular weight excluding hydrogens is 191 g/mol. The Morgan fingerprint density at radius 2 is 2.31 bits per heavy atom. The van der Waals surface area contributed by atoms with Crippen molar-refractivity contribution in [2.45, 2.75) is 13.3 Å². The molecule has 1 unspecified atom stereocenters. The quantitative estimate of drug-likeness (QED) is 0.405. The first-order chi connectivity index (χ1) is 6.02. The molecule has 0 aromatic rings. The molecule has 0 aliphatic rings. The molecule has 5 heteroatoms. The second-order valence-electron chi connectivity index (χ2n) is 2.61. The van der Waals surface area contributed by atoms with E-state index in [4.69, 9.17) is 4.89 Å². The van der Waals surface area contributed by atoms with Crippen LogP contribution in [0.2, 0.25) is 0 Å². The molecule has 0 bridgehead atoms. The standard InChI is InChI=1S/C8H15O4P/c1-3-6-12-8(9)5-7-13(10,11)4-2/h3H,1,4-7H2,2H3,(H,10,11). The van der Waals surface area contributed by atoms with E-state index in [-0.39, 0.29) is 25.4 Å². The molecule has 0 radical (unpaired) electrons. The number of carbonyl (C=O) groups is 1. The largest absolute Gasteiger partial charge is 0.461 e. The van der Waals surface area contributed by atoms with Gasteiger partial charge in [-0.2, -0.15) is 0 Å². The lowest BCUT2D eigenvalue weighted by Crippen LogP contribution is -2.07. The van der Waals surface area contributed by atoms with Crippen LogP contribution >= 0.6 is 7.37 Å². The Bertz CT molecular complexity index is 224. The minimum atomic E-state index is -3.09. The van der Waals surface area contributed by atoms with Crippen LogP contribution in [-0.2, 0) is 14.1 Å². The maximum atomic E-state index is 11.1. The predicted molar refractivity (Wildman–Crippen MR) is 51.0 cm³/mol. The molecule has 0 spiro atoms. The maximum Gasteiger partial charge on any atom is 0.306 e. The van der Waals surface area contributed by atoms with E-state index in [0.717, 1.165) is 0 Å². The molecule has 1 atom stereocenters. The summed E-state index contributed by atoms with van der Waals surface area (Å²) in [7, 11) is -3.09. The van der Waals surface area contributed by atoms with Gasteiger partial charge in [-0.25, -0.2) is 0 Å². The topological polar surface area (TPSA) is 63.6 Å². The molecule has 0 fully saturated rings. The Morgan fingerprint density at radius 3 is 2.77 bits per heavy atom. The zero-order valence-electron chi connectivity index (χ0n) is 7.73. The van der Waals surface area contributed by atoms with Crippen molar-refractivity contribution >= 4 is 13.3 Å². The lowest BCUT2D eigenvalue weighted by Gasteiger charge is -2.07. The smallest absolute Gasteiger partial charge is 0.306 e. The third-order valence-corrected chi connectivity index (χ3v) is 3.43. The van der Waals surface area contributed by atoms with Crippen molar-refractivity contribution < 1.29 is 19.0 Å². The normalized spacial score (nSPS) is 14.6. The summed E-state index contributed by atoms with van der Waals surface area (Å²) >= 11 is 0. The van der Waals surface area contributed by atoms with Gasteiger partial charge in [-0.15, -0.1) is 0 Å². The highest BCUT2D eigenvalue weighted by molar-refractivity contribution is 7.57. The molecule has 0 saturated heterocycles. The molecule has 0 aliphatic carbocycles. The van der Waals surface area contributed by atoms with E-state index in [1.165, 1.54) is 6.08 Å². The van der Waals surface area contributed by atoms with Gasteiger partial charge in [0.25, 0.3) is 0 Å². The molecule has 76 valence electrons. The third kappa shape index (κ3) is 6.55. The third-order valence-electron chi connectivity index (χ3n) is 1.52. The number of hydrogen-bond acceptors (Lipinski definition) is 3. The van der Waals surface area contributed by atoms with Crippen LogP contribution in [0.4, 0.5) is 0 Å². The fourth-order valence-electron chi connectivity index (χ4n) is 0.648. The minimum absolute atomic E-state index is 0.000520. The van der Waals surface area contributed by atoms with E-state index in [1.807, 2.05) is 0 Å². The summed E-state index contributed by atoms with van der Waals surface area (Å²) in [6.45, 7) is 5.15. The molecular formula is C8H15O4P. The molecule has 4 nitrogen and oxygen atoms in total. The summed E-state index contributed by atoms with van der Waals surface area (Å²) in [4.78, 5) is 20.0. The molecule has 0 aromatic heterocycles. The van der Waals surface area contributed by atoms with E-state index in [9.17, 15) is 9.36 Å². The summed E-state index contributed by atoms with van der Waals surface area (Å²) in [6.07, 6.45) is 1.65. The molecule has 0 heterocycles. The highest BCUT2D eigenvalue weighted by Gasteiger charge is 2.17. The fourth-order valence-corrected chi connectivity index (χ4v) is 1.50. The number of hydrogen-bond donors (Lipinski definition) is 1. The number of carbonyl (C=O) groups excluding carboxylic acids is 1. The first-order valence-electron chi connectivity index (χ1n) is 4.09. The Hall–Kier alpha value is -0.600. The Kier molecular flexibility index (Phi) is 5.67. The highest BCUT2D eigenvalue weighted by atomic mass is 31.2. The molecule has 0 aromatic carbocycles. The van der Waals surface area contributed by atoms with Crippen LogP contribution in [0.3, 0.4) is 0 Å². The lowest BCUT2D eigenvalue weighted by atomic mass is 10.5. The van der Waals surface area contributed by atoms with Crippen molar-refractivity contribution in [2.75, 3.05) is 18.9 Å². The highest BCUT2D eigenvalue weighted by Crippen LogP contribution is 2.40. The summed E-state index contributed by atoms with van der Waals surface area (Å²) in [5, 5.41) is 0. The van der Waals surface area contributed by atoms with Crippen molar-refractivity contribution in [1.29, 1.82) is 0 Å². The second-order valence-corrected chi connectivity index (χ2v) is 5.38. The van der Waals surface area contributed by atoms with Crippen molar-refractivity contribution in [2.24, 2.45) is 0 Å². The van der Waals surface area contributed by atoms with E-state index < -0.39 is 13.3 Å². The van der Waals surface area contributed by atoms with Gasteiger partial charge in [-0.3, -0.25) is 9.36 Å². The number of ether oxygens (including phenoxy) is 1. The summed E-state index contributed by atoms with van der Waals surface area (Å²) in [5.41, 5.74) is 0. The first-order valence-corrected chi connectivity index (χ1v) is 6.12. The maximum absolute atomic E-state index is 11.1. The van der Waals surface area contributed by atoms with Gasteiger partial charge in [-0.05, 0) is 0 Å². The second kappa shape index (κ2) is 5.95. The van der Waals surface area contributed by atoms with Crippen LogP contribution in [0.25, 0.3) is 0 Å². The fraction of sp³-hybridized carbons (Fsp3) is 0.625. The van der Waals surface area contributed by atoms with Crippen LogP contribution < -0.4 is 0 Å². The van der Waals surface area contributed by atoms with Crippen LogP contribution in [-0.4, -0.2) is 29.8 Å². The minimum Gasteiger partial charge on any atom is -0.461 e. The SMILES string of the molecule is C=CCOC(=O)CCP(=O)(O)CC. The van der Waals surface area contributed by atoms with Gasteiger partial charge in [0.15, 0.2) is 0 Å². The zero-order chi connectivity index (χ0) is 10.3.